The van der Waals surface area contributed by atoms with Crippen molar-refractivity contribution in [3.63, 3.8) is 0 Å². The molecule has 2 aromatic carbocycles. The molecule has 3 amide bonds. The predicted octanol–water partition coefficient (Wildman–Crippen LogP) is 3.78. The Morgan fingerprint density at radius 2 is 1.83 bits per heavy atom. The Hall–Kier alpha value is -4.05. The number of fused-ring (bicyclic) bond motifs is 1. The quantitative estimate of drug-likeness (QED) is 0.513. The van der Waals surface area contributed by atoms with Gasteiger partial charge in [-0.05, 0) is 63.9 Å². The minimum Gasteiger partial charge on any atom is -0.463 e. The highest BCUT2D eigenvalue weighted by atomic mass is 16.7. The summed E-state index contributed by atoms with van der Waals surface area (Å²) in [6, 6.07) is 10.3. The second-order valence-corrected chi connectivity index (χ2v) is 10.7. The van der Waals surface area contributed by atoms with Gasteiger partial charge in [-0.25, -0.2) is 9.59 Å². The number of piperazine rings is 1. The van der Waals surface area contributed by atoms with Crippen LogP contribution in [0, 0.1) is 13.8 Å². The number of likely N-dealkylation sites (N-methyl/N-ethyl adjacent to an activating group) is 1. The molecule has 0 bridgehead atoms. The van der Waals surface area contributed by atoms with Gasteiger partial charge in [-0.3, -0.25) is 14.6 Å². The molecule has 2 atom stereocenters. The van der Waals surface area contributed by atoms with Crippen molar-refractivity contribution in [2.75, 3.05) is 46.1 Å². The fraction of sp³-hybridized carbons (Fsp3) is 0.452. The van der Waals surface area contributed by atoms with Crippen molar-refractivity contribution in [3.8, 4) is 11.5 Å². The Morgan fingerprint density at radius 3 is 2.56 bits per heavy atom. The molecule has 3 aliphatic rings. The third-order valence-corrected chi connectivity index (χ3v) is 7.96. The zero-order valence-electron chi connectivity index (χ0n) is 24.4. The fourth-order valence-corrected chi connectivity index (χ4v) is 5.85. The molecule has 0 aliphatic carbocycles. The first kappa shape index (κ1) is 28.5. The molecular formula is C31H38N4O6. The standard InChI is InChI=1S/C31H38N4O6/c1-6-34-24(27(30(37)39-7-2)28(32-31(34)38)23-14-19(3)8-9-20(23)4)17-33-12-13-35(21(5)16-33)29(36)22-10-11-25-26(15-22)41-18-40-25/h8-11,14-15,21,28H,6-7,12-13,16-18H2,1-5H3,(H,32,38). The van der Waals surface area contributed by atoms with Crippen LogP contribution < -0.4 is 14.8 Å². The molecule has 0 radical (unpaired) electrons. The van der Waals surface area contributed by atoms with Gasteiger partial charge in [0, 0.05) is 50.0 Å². The number of carbonyl (C=O) groups excluding carboxylic acids is 3. The van der Waals surface area contributed by atoms with Gasteiger partial charge in [-0.2, -0.15) is 0 Å². The largest absolute Gasteiger partial charge is 0.463 e. The van der Waals surface area contributed by atoms with Crippen molar-refractivity contribution < 1.29 is 28.6 Å². The molecule has 10 heteroatoms. The third kappa shape index (κ3) is 5.61. The fourth-order valence-electron chi connectivity index (χ4n) is 5.85. The van der Waals surface area contributed by atoms with E-state index in [0.29, 0.717) is 61.1 Å². The molecule has 1 saturated heterocycles. The molecule has 2 aromatic rings. The number of hydrogen-bond donors (Lipinski definition) is 1. The van der Waals surface area contributed by atoms with Gasteiger partial charge in [0.05, 0.1) is 18.2 Å². The Balaban J connectivity index is 1.42. The number of nitrogens with zero attached hydrogens (tertiary/aromatic N) is 3. The molecule has 1 fully saturated rings. The maximum Gasteiger partial charge on any atom is 0.338 e. The summed E-state index contributed by atoms with van der Waals surface area (Å²) in [5, 5.41) is 3.06. The number of esters is 1. The van der Waals surface area contributed by atoms with E-state index in [1.165, 1.54) is 0 Å². The predicted molar refractivity (Wildman–Crippen MR) is 153 cm³/mol. The summed E-state index contributed by atoms with van der Waals surface area (Å²) in [7, 11) is 0. The van der Waals surface area contributed by atoms with E-state index < -0.39 is 12.0 Å². The highest BCUT2D eigenvalue weighted by Crippen LogP contribution is 2.35. The maximum atomic E-state index is 13.5. The first-order chi connectivity index (χ1) is 19.7. The van der Waals surface area contributed by atoms with E-state index in [9.17, 15) is 14.4 Å². The van der Waals surface area contributed by atoms with Crippen molar-refractivity contribution in [1.82, 2.24) is 20.0 Å². The lowest BCUT2D eigenvalue weighted by atomic mass is 9.90. The van der Waals surface area contributed by atoms with Gasteiger partial charge in [0.25, 0.3) is 5.91 Å². The SMILES string of the molecule is CCOC(=O)C1=C(CN2CCN(C(=O)c3ccc4c(c3)OCO4)C(C)C2)N(CC)C(=O)NC1c1cc(C)ccc1C. The highest BCUT2D eigenvalue weighted by Gasteiger charge is 2.40. The van der Waals surface area contributed by atoms with Crippen LogP contribution in [0.3, 0.4) is 0 Å². The van der Waals surface area contributed by atoms with Crippen molar-refractivity contribution in [2.24, 2.45) is 0 Å². The van der Waals surface area contributed by atoms with Crippen LogP contribution in [-0.2, 0) is 9.53 Å². The highest BCUT2D eigenvalue weighted by molar-refractivity contribution is 5.96. The van der Waals surface area contributed by atoms with E-state index in [4.69, 9.17) is 14.2 Å². The molecule has 0 saturated carbocycles. The summed E-state index contributed by atoms with van der Waals surface area (Å²) in [5.41, 5.74) is 4.55. The van der Waals surface area contributed by atoms with Gasteiger partial charge in [0.1, 0.15) is 0 Å². The Morgan fingerprint density at radius 1 is 1.05 bits per heavy atom. The minimum absolute atomic E-state index is 0.0657. The maximum absolute atomic E-state index is 13.5. The third-order valence-electron chi connectivity index (χ3n) is 7.96. The number of urea groups is 1. The van der Waals surface area contributed by atoms with Crippen molar-refractivity contribution >= 4 is 17.9 Å². The molecule has 0 spiro atoms. The molecule has 1 N–H and O–H groups in total. The van der Waals surface area contributed by atoms with E-state index in [1.807, 2.05) is 50.8 Å². The van der Waals surface area contributed by atoms with E-state index in [0.717, 1.165) is 16.7 Å². The Labute approximate surface area is 240 Å². The first-order valence-electron chi connectivity index (χ1n) is 14.2. The zero-order valence-corrected chi connectivity index (χ0v) is 24.4. The minimum atomic E-state index is -0.620. The van der Waals surface area contributed by atoms with Gasteiger partial charge in [0.2, 0.25) is 6.79 Å². The van der Waals surface area contributed by atoms with E-state index in [1.54, 1.807) is 30.0 Å². The molecule has 218 valence electrons. The molecule has 0 aromatic heterocycles. The Kier molecular flexibility index (Phi) is 8.21. The van der Waals surface area contributed by atoms with Gasteiger partial charge < -0.3 is 24.4 Å². The number of carbonyl (C=O) groups is 3. The molecule has 41 heavy (non-hydrogen) atoms. The monoisotopic (exact) mass is 562 g/mol. The topological polar surface area (TPSA) is 101 Å². The van der Waals surface area contributed by atoms with E-state index in [-0.39, 0.29) is 31.4 Å². The summed E-state index contributed by atoms with van der Waals surface area (Å²) in [6.07, 6.45) is 0. The molecule has 2 unspecified atom stereocenters. The van der Waals surface area contributed by atoms with Gasteiger partial charge in [0.15, 0.2) is 11.5 Å². The number of nitrogens with one attached hydrogen (secondary N) is 1. The summed E-state index contributed by atoms with van der Waals surface area (Å²) < 4.78 is 16.4. The van der Waals surface area contributed by atoms with Crippen LogP contribution in [0.4, 0.5) is 4.79 Å². The number of benzene rings is 2. The van der Waals surface area contributed by atoms with Crippen LogP contribution in [0.2, 0.25) is 0 Å². The first-order valence-corrected chi connectivity index (χ1v) is 14.2. The summed E-state index contributed by atoms with van der Waals surface area (Å²) in [6.45, 7) is 12.5. The van der Waals surface area contributed by atoms with Crippen LogP contribution in [0.1, 0.15) is 53.9 Å². The second kappa shape index (κ2) is 11.8. The van der Waals surface area contributed by atoms with Crippen molar-refractivity contribution in [1.29, 1.82) is 0 Å². The summed E-state index contributed by atoms with van der Waals surface area (Å²) >= 11 is 0. The average molecular weight is 563 g/mol. The summed E-state index contributed by atoms with van der Waals surface area (Å²) in [4.78, 5) is 45.9. The number of rotatable bonds is 7. The average Bonchev–Trinajstić information content (AvgIpc) is 3.42. The molecule has 10 nitrogen and oxygen atoms in total. The number of hydrogen-bond acceptors (Lipinski definition) is 7. The van der Waals surface area contributed by atoms with Crippen LogP contribution in [-0.4, -0.2) is 84.8 Å². The van der Waals surface area contributed by atoms with Gasteiger partial charge >= 0.3 is 12.0 Å². The van der Waals surface area contributed by atoms with Crippen LogP contribution in [0.15, 0.2) is 47.7 Å². The van der Waals surface area contributed by atoms with E-state index >= 15 is 0 Å². The number of amides is 3. The number of ether oxygens (including phenoxy) is 3. The lowest BCUT2D eigenvalue weighted by molar-refractivity contribution is -0.139. The van der Waals surface area contributed by atoms with Crippen LogP contribution in [0.25, 0.3) is 0 Å². The molecule has 5 rings (SSSR count). The zero-order chi connectivity index (χ0) is 29.3. The second-order valence-electron chi connectivity index (χ2n) is 10.7. The van der Waals surface area contributed by atoms with E-state index in [2.05, 4.69) is 10.2 Å². The lowest BCUT2D eigenvalue weighted by Crippen LogP contribution is -2.56. The van der Waals surface area contributed by atoms with Crippen LogP contribution in [0.5, 0.6) is 11.5 Å². The van der Waals surface area contributed by atoms with Crippen molar-refractivity contribution in [3.05, 3.63) is 69.9 Å². The normalized spacial score (nSPS) is 20.8. The molecular weight excluding hydrogens is 524 g/mol. The van der Waals surface area contributed by atoms with Gasteiger partial charge in [-0.1, -0.05) is 23.8 Å². The van der Waals surface area contributed by atoms with Crippen LogP contribution >= 0.6 is 0 Å². The molecule has 3 heterocycles. The summed E-state index contributed by atoms with van der Waals surface area (Å²) in [5.74, 6) is 0.719. The molecule has 3 aliphatic heterocycles. The smallest absolute Gasteiger partial charge is 0.338 e. The Bertz CT molecular complexity index is 1390. The van der Waals surface area contributed by atoms with Gasteiger partial charge in [-0.15, -0.1) is 0 Å². The number of aryl methyl sites for hydroxylation is 2. The lowest BCUT2D eigenvalue weighted by Gasteiger charge is -2.43. The van der Waals surface area contributed by atoms with Crippen molar-refractivity contribution in [2.45, 2.75) is 46.7 Å².